The molecule has 0 aliphatic carbocycles. The lowest BCUT2D eigenvalue weighted by Gasteiger charge is -2.38. The highest BCUT2D eigenvalue weighted by molar-refractivity contribution is 5.47. The van der Waals surface area contributed by atoms with Crippen molar-refractivity contribution in [2.45, 2.75) is 55.0 Å². The first-order valence-electron chi connectivity index (χ1n) is 11.6. The molecule has 0 spiro atoms. The lowest BCUT2D eigenvalue weighted by molar-refractivity contribution is -0.288. The molecule has 0 bridgehead atoms. The number of halogens is 6. The van der Waals surface area contributed by atoms with Crippen LogP contribution in [0.5, 0.6) is 11.5 Å². The molecule has 12 heteroatoms. The first-order valence-corrected chi connectivity index (χ1v) is 11.6. The second kappa shape index (κ2) is 10.7. The van der Waals surface area contributed by atoms with Crippen LogP contribution >= 0.6 is 0 Å². The summed E-state index contributed by atoms with van der Waals surface area (Å²) in [7, 11) is 0. The first-order chi connectivity index (χ1) is 17.4. The molecule has 204 valence electrons. The number of aliphatic hydroxyl groups is 2. The number of aliphatic hydroxyl groups excluding tert-OH is 2. The summed E-state index contributed by atoms with van der Waals surface area (Å²) in [5.41, 5.74) is -6.40. The van der Waals surface area contributed by atoms with Crippen LogP contribution in [0.25, 0.3) is 0 Å². The molecular formula is C25H26F6O6. The van der Waals surface area contributed by atoms with Gasteiger partial charge < -0.3 is 29.2 Å². The van der Waals surface area contributed by atoms with Crippen LogP contribution in [0.4, 0.5) is 26.3 Å². The fraction of sp³-hybridized carbons (Fsp3) is 0.520. The Morgan fingerprint density at radius 3 is 1.27 bits per heavy atom. The average Bonchev–Trinajstić information content (AvgIpc) is 3.74. The van der Waals surface area contributed by atoms with Crippen molar-refractivity contribution in [1.29, 1.82) is 0 Å². The van der Waals surface area contributed by atoms with Crippen molar-refractivity contribution < 1.29 is 55.5 Å². The predicted molar refractivity (Wildman–Crippen MR) is 117 cm³/mol. The van der Waals surface area contributed by atoms with Gasteiger partial charge in [0, 0.05) is 12.8 Å². The van der Waals surface area contributed by atoms with Gasteiger partial charge >= 0.3 is 12.4 Å². The number of alkyl halides is 6. The molecule has 2 aromatic rings. The van der Waals surface area contributed by atoms with Gasteiger partial charge in [0.25, 0.3) is 0 Å². The quantitative estimate of drug-likeness (QED) is 0.313. The number of benzene rings is 2. The predicted octanol–water partition coefficient (Wildman–Crippen LogP) is 4.15. The summed E-state index contributed by atoms with van der Waals surface area (Å²) in [5, 5.41) is 19.7. The zero-order valence-corrected chi connectivity index (χ0v) is 19.5. The molecule has 0 saturated carbocycles. The lowest BCUT2D eigenvalue weighted by atomic mass is 9.73. The Hall–Kier alpha value is -2.54. The second-order valence-electron chi connectivity index (χ2n) is 9.11. The van der Waals surface area contributed by atoms with Gasteiger partial charge in [-0.1, -0.05) is 24.3 Å². The Bertz CT molecular complexity index is 932. The zero-order valence-electron chi connectivity index (χ0n) is 19.5. The third kappa shape index (κ3) is 6.49. The summed E-state index contributed by atoms with van der Waals surface area (Å²) in [5.74, 6) is 0.0216. The van der Waals surface area contributed by atoms with Crippen molar-refractivity contribution in [3.05, 3.63) is 59.7 Å². The minimum absolute atomic E-state index is 0.0108. The maximum absolute atomic E-state index is 14.3. The summed E-state index contributed by atoms with van der Waals surface area (Å²) in [6, 6.07) is 6.88. The molecule has 37 heavy (non-hydrogen) atoms. The van der Waals surface area contributed by atoms with Crippen LogP contribution in [0, 0.1) is 0 Å². The molecule has 2 heterocycles. The molecule has 2 N–H and O–H groups in total. The van der Waals surface area contributed by atoms with Gasteiger partial charge in [0.15, 0.2) is 0 Å². The van der Waals surface area contributed by atoms with Crippen LogP contribution in [-0.2, 0) is 14.9 Å². The zero-order chi connectivity index (χ0) is 26.8. The van der Waals surface area contributed by atoms with Crippen molar-refractivity contribution in [1.82, 2.24) is 0 Å². The van der Waals surface area contributed by atoms with Crippen LogP contribution in [-0.4, -0.2) is 73.4 Å². The Labute approximate surface area is 208 Å². The number of epoxide rings is 2. The van der Waals surface area contributed by atoms with E-state index in [-0.39, 0.29) is 36.9 Å². The smallest absolute Gasteiger partial charge is 0.411 e. The van der Waals surface area contributed by atoms with Gasteiger partial charge in [-0.05, 0) is 35.4 Å². The molecule has 4 atom stereocenters. The third-order valence-electron chi connectivity index (χ3n) is 6.18. The molecular weight excluding hydrogens is 510 g/mol. The summed E-state index contributed by atoms with van der Waals surface area (Å²) < 4.78 is 107. The van der Waals surface area contributed by atoms with E-state index in [1.165, 1.54) is 0 Å². The molecule has 0 aromatic heterocycles. The Kier molecular flexibility index (Phi) is 7.93. The van der Waals surface area contributed by atoms with Crippen molar-refractivity contribution >= 4 is 0 Å². The highest BCUT2D eigenvalue weighted by Gasteiger charge is 2.72. The van der Waals surface area contributed by atoms with Crippen molar-refractivity contribution in [3.8, 4) is 11.5 Å². The van der Waals surface area contributed by atoms with Crippen LogP contribution in [0.3, 0.4) is 0 Å². The molecule has 2 aliphatic heterocycles. The maximum atomic E-state index is 14.3. The normalized spacial score (nSPS) is 21.3. The SMILES string of the molecule is OC(COc1ccc(C(c2ccc(OCC(O)CC3CO3)cc2)(C(F)(F)F)C(F)(F)F)cc1)CC1CO1. The van der Waals surface area contributed by atoms with E-state index in [1.807, 2.05) is 0 Å². The van der Waals surface area contributed by atoms with E-state index >= 15 is 0 Å². The largest absolute Gasteiger partial charge is 0.491 e. The first kappa shape index (κ1) is 27.5. The fourth-order valence-corrected chi connectivity index (χ4v) is 4.12. The van der Waals surface area contributed by atoms with Gasteiger partial charge in [0.1, 0.15) is 24.7 Å². The lowest BCUT2D eigenvalue weighted by Crippen LogP contribution is -2.54. The molecule has 0 amide bonds. The van der Waals surface area contributed by atoms with Crippen molar-refractivity contribution in [2.24, 2.45) is 0 Å². The molecule has 4 unspecified atom stereocenters. The van der Waals surface area contributed by atoms with E-state index in [0.29, 0.717) is 50.3 Å². The van der Waals surface area contributed by atoms with Crippen LogP contribution in [0.15, 0.2) is 48.5 Å². The summed E-state index contributed by atoms with van der Waals surface area (Å²) in [6.45, 7) is 0.667. The van der Waals surface area contributed by atoms with Gasteiger partial charge in [-0.25, -0.2) is 0 Å². The number of ether oxygens (including phenoxy) is 4. The van der Waals surface area contributed by atoms with Crippen molar-refractivity contribution in [2.75, 3.05) is 26.4 Å². The average molecular weight is 536 g/mol. The minimum atomic E-state index is -5.74. The van der Waals surface area contributed by atoms with Gasteiger partial charge in [0.2, 0.25) is 5.41 Å². The standard InChI is InChI=1S/C25H26F6O6/c26-24(27,28)23(25(29,30)31,15-1-5-19(6-2-15)34-11-17(32)9-21-13-36-21)16-3-7-20(8-4-16)35-12-18(33)10-22-14-37-22/h1-8,17-18,21-22,32-33H,9-14H2. The minimum Gasteiger partial charge on any atom is -0.491 e. The monoisotopic (exact) mass is 536 g/mol. The van der Waals surface area contributed by atoms with E-state index in [9.17, 15) is 36.6 Å². The van der Waals surface area contributed by atoms with Crippen LogP contribution in [0.2, 0.25) is 0 Å². The molecule has 4 rings (SSSR count). The summed E-state index contributed by atoms with van der Waals surface area (Å²) in [4.78, 5) is 0. The Balaban J connectivity index is 1.54. The molecule has 6 nitrogen and oxygen atoms in total. The number of hydrogen-bond acceptors (Lipinski definition) is 6. The van der Waals surface area contributed by atoms with Crippen LogP contribution < -0.4 is 9.47 Å². The van der Waals surface area contributed by atoms with E-state index < -0.39 is 41.1 Å². The van der Waals surface area contributed by atoms with E-state index in [1.54, 1.807) is 0 Å². The number of hydrogen-bond donors (Lipinski definition) is 2. The molecule has 0 radical (unpaired) electrons. The topological polar surface area (TPSA) is 84.0 Å². The van der Waals surface area contributed by atoms with Gasteiger partial charge in [-0.2, -0.15) is 26.3 Å². The van der Waals surface area contributed by atoms with E-state index in [0.717, 1.165) is 24.3 Å². The van der Waals surface area contributed by atoms with Gasteiger partial charge in [-0.15, -0.1) is 0 Å². The van der Waals surface area contributed by atoms with Crippen LogP contribution in [0.1, 0.15) is 24.0 Å². The molecule has 2 aromatic carbocycles. The molecule has 2 fully saturated rings. The van der Waals surface area contributed by atoms with E-state index in [2.05, 4.69) is 0 Å². The maximum Gasteiger partial charge on any atom is 0.411 e. The summed E-state index contributed by atoms with van der Waals surface area (Å²) >= 11 is 0. The number of rotatable bonds is 12. The molecule has 2 saturated heterocycles. The Morgan fingerprint density at radius 1 is 0.676 bits per heavy atom. The second-order valence-corrected chi connectivity index (χ2v) is 9.11. The van der Waals surface area contributed by atoms with Gasteiger partial charge in [-0.3, -0.25) is 0 Å². The third-order valence-corrected chi connectivity index (χ3v) is 6.18. The highest BCUT2D eigenvalue weighted by atomic mass is 19.4. The van der Waals surface area contributed by atoms with Crippen molar-refractivity contribution in [3.63, 3.8) is 0 Å². The highest BCUT2D eigenvalue weighted by Crippen LogP contribution is 2.56. The van der Waals surface area contributed by atoms with E-state index in [4.69, 9.17) is 18.9 Å². The van der Waals surface area contributed by atoms with Gasteiger partial charge in [0.05, 0.1) is 37.6 Å². The molecule has 2 aliphatic rings. The Morgan fingerprint density at radius 2 is 1.00 bits per heavy atom. The summed E-state index contributed by atoms with van der Waals surface area (Å²) in [6.07, 6.45) is -12.8. The fourth-order valence-electron chi connectivity index (χ4n) is 4.12.